The van der Waals surface area contributed by atoms with Crippen LogP contribution in [-0.2, 0) is 4.74 Å². The summed E-state index contributed by atoms with van der Waals surface area (Å²) in [7, 11) is 0. The number of ether oxygens (including phenoxy) is 1. The van der Waals surface area contributed by atoms with Crippen LogP contribution in [0.5, 0.6) is 0 Å². The van der Waals surface area contributed by atoms with E-state index in [9.17, 15) is 0 Å². The quantitative estimate of drug-likeness (QED) is 0.642. The van der Waals surface area contributed by atoms with Gasteiger partial charge in [0.1, 0.15) is 0 Å². The number of aromatic nitrogens is 1. The zero-order valence-corrected chi connectivity index (χ0v) is 12.9. The second kappa shape index (κ2) is 6.66. The van der Waals surface area contributed by atoms with E-state index in [1.807, 2.05) is 19.2 Å². The standard InChI is InChI=1S/C16H27N3O/c1-4-20-16(9-5-6-12(2)10-16)15(19-17)14-8-7-13(3)18-11-14/h7-8,11-12,15,19H,4-6,9-10,17H2,1-3H3. The number of nitrogens with zero attached hydrogens (tertiary/aromatic N) is 1. The number of hydrogen-bond donors (Lipinski definition) is 2. The van der Waals surface area contributed by atoms with E-state index in [4.69, 9.17) is 10.6 Å². The summed E-state index contributed by atoms with van der Waals surface area (Å²) in [6, 6.07) is 4.14. The second-order valence-corrected chi connectivity index (χ2v) is 6.03. The number of aryl methyl sites for hydroxylation is 1. The lowest BCUT2D eigenvalue weighted by Gasteiger charge is -2.45. The van der Waals surface area contributed by atoms with Crippen molar-refractivity contribution >= 4 is 0 Å². The van der Waals surface area contributed by atoms with Crippen molar-refractivity contribution in [3.63, 3.8) is 0 Å². The molecule has 1 saturated carbocycles. The molecule has 1 heterocycles. The minimum Gasteiger partial charge on any atom is -0.373 e. The van der Waals surface area contributed by atoms with Gasteiger partial charge in [-0.05, 0) is 44.2 Å². The fourth-order valence-corrected chi connectivity index (χ4v) is 3.51. The van der Waals surface area contributed by atoms with Gasteiger partial charge in [-0.15, -0.1) is 0 Å². The van der Waals surface area contributed by atoms with Crippen LogP contribution in [-0.4, -0.2) is 17.2 Å². The van der Waals surface area contributed by atoms with Crippen LogP contribution >= 0.6 is 0 Å². The second-order valence-electron chi connectivity index (χ2n) is 6.03. The van der Waals surface area contributed by atoms with Gasteiger partial charge in [0.25, 0.3) is 0 Å². The number of hydrazine groups is 1. The van der Waals surface area contributed by atoms with E-state index in [0.29, 0.717) is 12.5 Å². The van der Waals surface area contributed by atoms with Gasteiger partial charge in [-0.3, -0.25) is 16.3 Å². The predicted octanol–water partition coefficient (Wildman–Crippen LogP) is 2.88. The number of nitrogens with one attached hydrogen (secondary N) is 1. The van der Waals surface area contributed by atoms with Gasteiger partial charge < -0.3 is 4.74 Å². The highest BCUT2D eigenvalue weighted by Gasteiger charge is 2.43. The highest BCUT2D eigenvalue weighted by molar-refractivity contribution is 5.21. The number of nitrogens with two attached hydrogens (primary N) is 1. The summed E-state index contributed by atoms with van der Waals surface area (Å²) in [5.41, 5.74) is 4.91. The molecule has 0 spiro atoms. The average Bonchev–Trinajstić information content (AvgIpc) is 2.42. The van der Waals surface area contributed by atoms with E-state index in [1.54, 1.807) is 0 Å². The lowest BCUT2D eigenvalue weighted by molar-refractivity contribution is -0.102. The van der Waals surface area contributed by atoms with Gasteiger partial charge in [0.15, 0.2) is 0 Å². The summed E-state index contributed by atoms with van der Waals surface area (Å²) in [5.74, 6) is 6.55. The van der Waals surface area contributed by atoms with E-state index >= 15 is 0 Å². The van der Waals surface area contributed by atoms with E-state index in [2.05, 4.69) is 30.3 Å². The van der Waals surface area contributed by atoms with E-state index < -0.39 is 0 Å². The van der Waals surface area contributed by atoms with Crippen LogP contribution in [0, 0.1) is 12.8 Å². The zero-order valence-electron chi connectivity index (χ0n) is 12.9. The Morgan fingerprint density at radius 1 is 1.55 bits per heavy atom. The van der Waals surface area contributed by atoms with Crippen LogP contribution in [0.3, 0.4) is 0 Å². The van der Waals surface area contributed by atoms with Gasteiger partial charge in [-0.2, -0.15) is 0 Å². The molecule has 1 aromatic heterocycles. The number of rotatable bonds is 5. The van der Waals surface area contributed by atoms with Crippen molar-refractivity contribution in [2.24, 2.45) is 11.8 Å². The molecule has 3 atom stereocenters. The van der Waals surface area contributed by atoms with Crippen molar-refractivity contribution in [2.45, 2.75) is 58.1 Å². The smallest absolute Gasteiger partial charge is 0.0892 e. The topological polar surface area (TPSA) is 60.2 Å². The summed E-state index contributed by atoms with van der Waals surface area (Å²) in [4.78, 5) is 4.40. The van der Waals surface area contributed by atoms with E-state index in [-0.39, 0.29) is 11.6 Å². The van der Waals surface area contributed by atoms with Gasteiger partial charge in [-0.25, -0.2) is 0 Å². The minimum absolute atomic E-state index is 0.00157. The first-order valence-electron chi connectivity index (χ1n) is 7.64. The average molecular weight is 277 g/mol. The predicted molar refractivity (Wildman–Crippen MR) is 81.0 cm³/mol. The molecule has 0 bridgehead atoms. The van der Waals surface area contributed by atoms with E-state index in [1.165, 1.54) is 12.8 Å². The normalized spacial score (nSPS) is 28.3. The third kappa shape index (κ3) is 3.19. The summed E-state index contributed by atoms with van der Waals surface area (Å²) < 4.78 is 6.21. The minimum atomic E-state index is -0.210. The zero-order chi connectivity index (χ0) is 14.6. The molecule has 2 rings (SSSR count). The lowest BCUT2D eigenvalue weighted by Crippen LogP contribution is -2.51. The molecule has 20 heavy (non-hydrogen) atoms. The third-order valence-electron chi connectivity index (χ3n) is 4.38. The fraction of sp³-hybridized carbons (Fsp3) is 0.688. The molecule has 4 heteroatoms. The molecule has 4 nitrogen and oxygen atoms in total. The molecule has 0 radical (unpaired) electrons. The third-order valence-corrected chi connectivity index (χ3v) is 4.38. The highest BCUT2D eigenvalue weighted by atomic mass is 16.5. The molecular weight excluding hydrogens is 250 g/mol. The number of hydrogen-bond acceptors (Lipinski definition) is 4. The molecule has 1 aliphatic carbocycles. The Morgan fingerprint density at radius 3 is 2.90 bits per heavy atom. The van der Waals surface area contributed by atoms with Crippen LogP contribution in [0.15, 0.2) is 18.3 Å². The van der Waals surface area contributed by atoms with Gasteiger partial charge in [-0.1, -0.05) is 25.8 Å². The van der Waals surface area contributed by atoms with Gasteiger partial charge in [0.05, 0.1) is 11.6 Å². The van der Waals surface area contributed by atoms with Crippen LogP contribution in [0.25, 0.3) is 0 Å². The Bertz CT molecular complexity index is 416. The first kappa shape index (κ1) is 15.4. The fourth-order valence-electron chi connectivity index (χ4n) is 3.51. The summed E-state index contributed by atoms with van der Waals surface area (Å²) in [5, 5.41) is 0. The van der Waals surface area contributed by atoms with Crippen molar-refractivity contribution in [3.8, 4) is 0 Å². The Balaban J connectivity index is 2.31. The molecule has 0 saturated heterocycles. The van der Waals surface area contributed by atoms with Crippen LogP contribution in [0.4, 0.5) is 0 Å². The molecule has 0 aromatic carbocycles. The molecule has 0 amide bonds. The van der Waals surface area contributed by atoms with Crippen molar-refractivity contribution in [1.82, 2.24) is 10.4 Å². The largest absolute Gasteiger partial charge is 0.373 e. The first-order valence-corrected chi connectivity index (χ1v) is 7.64. The van der Waals surface area contributed by atoms with Crippen molar-refractivity contribution in [3.05, 3.63) is 29.6 Å². The first-order chi connectivity index (χ1) is 9.61. The van der Waals surface area contributed by atoms with Crippen LogP contribution in [0.1, 0.15) is 56.8 Å². The molecule has 3 unspecified atom stereocenters. The monoisotopic (exact) mass is 277 g/mol. The molecule has 112 valence electrons. The van der Waals surface area contributed by atoms with E-state index in [0.717, 1.165) is 24.1 Å². The highest BCUT2D eigenvalue weighted by Crippen LogP contribution is 2.43. The molecule has 1 fully saturated rings. The molecule has 3 N–H and O–H groups in total. The number of pyridine rings is 1. The maximum absolute atomic E-state index is 6.21. The maximum atomic E-state index is 6.21. The van der Waals surface area contributed by atoms with Crippen LogP contribution < -0.4 is 11.3 Å². The molecule has 1 aliphatic rings. The maximum Gasteiger partial charge on any atom is 0.0892 e. The summed E-state index contributed by atoms with van der Waals surface area (Å²) in [6.07, 6.45) is 6.48. The summed E-state index contributed by atoms with van der Waals surface area (Å²) >= 11 is 0. The Morgan fingerprint density at radius 2 is 2.35 bits per heavy atom. The summed E-state index contributed by atoms with van der Waals surface area (Å²) in [6.45, 7) is 7.07. The van der Waals surface area contributed by atoms with Gasteiger partial charge in [0.2, 0.25) is 0 Å². The lowest BCUT2D eigenvalue weighted by atomic mass is 9.73. The van der Waals surface area contributed by atoms with Crippen molar-refractivity contribution in [1.29, 1.82) is 0 Å². The van der Waals surface area contributed by atoms with Crippen molar-refractivity contribution in [2.75, 3.05) is 6.61 Å². The van der Waals surface area contributed by atoms with Gasteiger partial charge in [0, 0.05) is 18.5 Å². The van der Waals surface area contributed by atoms with Crippen LogP contribution in [0.2, 0.25) is 0 Å². The Labute approximate surface area is 122 Å². The Kier molecular flexibility index (Phi) is 5.13. The molecular formula is C16H27N3O. The molecule has 0 aliphatic heterocycles. The van der Waals surface area contributed by atoms with Gasteiger partial charge >= 0.3 is 0 Å². The SMILES string of the molecule is CCOC1(C(NN)c2ccc(C)nc2)CCCC(C)C1. The van der Waals surface area contributed by atoms with Crippen molar-refractivity contribution < 1.29 is 4.74 Å². The molecule has 1 aromatic rings. The Hall–Kier alpha value is -0.970.